The van der Waals surface area contributed by atoms with Gasteiger partial charge in [0.05, 0.1) is 0 Å². The van der Waals surface area contributed by atoms with Crippen LogP contribution in [0.4, 0.5) is 0 Å². The van der Waals surface area contributed by atoms with E-state index in [2.05, 4.69) is 103 Å². The maximum atomic E-state index is 3.37. The Labute approximate surface area is 178 Å². The lowest BCUT2D eigenvalue weighted by molar-refractivity contribution is 1.56. The molecule has 0 heteroatoms. The Morgan fingerprint density at radius 1 is 0.433 bits per heavy atom. The van der Waals surface area contributed by atoms with Crippen LogP contribution in [0.25, 0.3) is 24.3 Å². The Hall–Kier alpha value is -4.08. The molecule has 0 aromatic heterocycles. The van der Waals surface area contributed by atoms with Crippen molar-refractivity contribution in [3.05, 3.63) is 143 Å². The molecule has 4 aromatic rings. The Morgan fingerprint density at radius 2 is 1.00 bits per heavy atom. The molecule has 0 aliphatic heterocycles. The second-order valence-corrected chi connectivity index (χ2v) is 6.91. The summed E-state index contributed by atoms with van der Waals surface area (Å²) < 4.78 is 0. The summed E-state index contributed by atoms with van der Waals surface area (Å²) in [5.74, 6) is 6.66. The zero-order valence-electron chi connectivity index (χ0n) is 16.7. The van der Waals surface area contributed by atoms with Crippen molar-refractivity contribution in [2.24, 2.45) is 0 Å². The molecular weight excluding hydrogens is 360 g/mol. The Kier molecular flexibility index (Phi) is 6.36. The largest absolute Gasteiger partial charge is 0.0622 e. The standard InChI is InChI=1S/C30H22/c1-4-11-25(12-5-1)19-22-28-17-10-18-29(23-20-26-13-6-2-7-14-26)30(28)24-21-27-15-8-3-9-16-27/h1-19,21-22,24H. The van der Waals surface area contributed by atoms with Gasteiger partial charge in [-0.15, -0.1) is 0 Å². The normalized spacial score (nSPS) is 10.8. The Bertz CT molecular complexity index is 1200. The lowest BCUT2D eigenvalue weighted by Crippen LogP contribution is -1.88. The van der Waals surface area contributed by atoms with Gasteiger partial charge in [0.15, 0.2) is 0 Å². The third-order valence-corrected chi connectivity index (χ3v) is 4.75. The summed E-state index contributed by atoms with van der Waals surface area (Å²) in [6.07, 6.45) is 8.61. The van der Waals surface area contributed by atoms with Crippen LogP contribution in [0.1, 0.15) is 33.4 Å². The molecule has 0 radical (unpaired) electrons. The summed E-state index contributed by atoms with van der Waals surface area (Å²) in [6.45, 7) is 0. The minimum Gasteiger partial charge on any atom is -0.0622 e. The molecule has 0 N–H and O–H groups in total. The molecule has 0 fully saturated rings. The molecule has 0 amide bonds. The highest BCUT2D eigenvalue weighted by molar-refractivity contribution is 5.82. The summed E-state index contributed by atoms with van der Waals surface area (Å²) in [5.41, 5.74) is 6.64. The molecule has 0 unspecified atom stereocenters. The number of rotatable bonds is 4. The fourth-order valence-corrected chi connectivity index (χ4v) is 3.18. The second kappa shape index (κ2) is 9.92. The molecular formula is C30H22. The first kappa shape index (κ1) is 19.2. The van der Waals surface area contributed by atoms with Crippen molar-refractivity contribution in [3.8, 4) is 11.8 Å². The van der Waals surface area contributed by atoms with Gasteiger partial charge in [-0.05, 0) is 40.5 Å². The molecule has 0 atom stereocenters. The van der Waals surface area contributed by atoms with Crippen LogP contribution in [-0.4, -0.2) is 0 Å². The molecule has 0 bridgehead atoms. The van der Waals surface area contributed by atoms with Gasteiger partial charge in [-0.2, -0.15) is 0 Å². The molecule has 0 aliphatic carbocycles. The lowest BCUT2D eigenvalue weighted by Gasteiger charge is -2.05. The quantitative estimate of drug-likeness (QED) is 0.254. The molecule has 4 rings (SSSR count). The summed E-state index contributed by atoms with van der Waals surface area (Å²) in [7, 11) is 0. The highest BCUT2D eigenvalue weighted by Crippen LogP contribution is 2.21. The third kappa shape index (κ3) is 5.25. The van der Waals surface area contributed by atoms with E-state index in [-0.39, 0.29) is 0 Å². The van der Waals surface area contributed by atoms with Gasteiger partial charge in [-0.3, -0.25) is 0 Å². The van der Waals surface area contributed by atoms with E-state index in [1.54, 1.807) is 0 Å². The first-order chi connectivity index (χ1) is 14.9. The maximum absolute atomic E-state index is 3.37. The van der Waals surface area contributed by atoms with Crippen LogP contribution in [0, 0.1) is 11.8 Å². The van der Waals surface area contributed by atoms with Gasteiger partial charge in [0, 0.05) is 11.1 Å². The van der Waals surface area contributed by atoms with Gasteiger partial charge in [-0.25, -0.2) is 0 Å². The van der Waals surface area contributed by atoms with Crippen molar-refractivity contribution in [2.75, 3.05) is 0 Å². The highest BCUT2D eigenvalue weighted by Gasteiger charge is 2.02. The first-order valence-electron chi connectivity index (χ1n) is 10.0. The minimum absolute atomic E-state index is 1.01. The van der Waals surface area contributed by atoms with E-state index in [4.69, 9.17) is 0 Å². The third-order valence-electron chi connectivity index (χ3n) is 4.75. The van der Waals surface area contributed by atoms with Crippen LogP contribution in [0.5, 0.6) is 0 Å². The molecule has 0 nitrogen and oxygen atoms in total. The predicted molar refractivity (Wildman–Crippen MR) is 130 cm³/mol. The van der Waals surface area contributed by atoms with Crippen LogP contribution in [0.15, 0.2) is 109 Å². The van der Waals surface area contributed by atoms with Gasteiger partial charge in [-0.1, -0.05) is 127 Å². The fraction of sp³-hybridized carbons (Fsp3) is 0. The van der Waals surface area contributed by atoms with Crippen molar-refractivity contribution in [2.45, 2.75) is 0 Å². The molecule has 30 heavy (non-hydrogen) atoms. The molecule has 0 aliphatic rings. The van der Waals surface area contributed by atoms with Gasteiger partial charge in [0.2, 0.25) is 0 Å². The Morgan fingerprint density at radius 3 is 1.63 bits per heavy atom. The predicted octanol–water partition coefficient (Wildman–Crippen LogP) is 7.43. The summed E-state index contributed by atoms with van der Waals surface area (Å²) in [5, 5.41) is 0. The van der Waals surface area contributed by atoms with Crippen molar-refractivity contribution in [1.29, 1.82) is 0 Å². The average Bonchev–Trinajstić information content (AvgIpc) is 2.82. The van der Waals surface area contributed by atoms with Crippen LogP contribution in [-0.2, 0) is 0 Å². The van der Waals surface area contributed by atoms with E-state index in [1.165, 1.54) is 11.1 Å². The first-order valence-corrected chi connectivity index (χ1v) is 10.0. The van der Waals surface area contributed by atoms with E-state index in [9.17, 15) is 0 Å². The average molecular weight is 383 g/mol. The monoisotopic (exact) mass is 382 g/mol. The maximum Gasteiger partial charge on any atom is 0.0327 e. The van der Waals surface area contributed by atoms with Gasteiger partial charge >= 0.3 is 0 Å². The number of hydrogen-bond acceptors (Lipinski definition) is 0. The van der Waals surface area contributed by atoms with E-state index < -0.39 is 0 Å². The van der Waals surface area contributed by atoms with Gasteiger partial charge in [0.25, 0.3) is 0 Å². The zero-order chi connectivity index (χ0) is 20.4. The summed E-state index contributed by atoms with van der Waals surface area (Å²) >= 11 is 0. The van der Waals surface area contributed by atoms with Gasteiger partial charge in [0.1, 0.15) is 0 Å². The van der Waals surface area contributed by atoms with E-state index in [0.717, 1.165) is 22.3 Å². The van der Waals surface area contributed by atoms with Crippen LogP contribution >= 0.6 is 0 Å². The fourth-order valence-electron chi connectivity index (χ4n) is 3.18. The van der Waals surface area contributed by atoms with Crippen molar-refractivity contribution >= 4 is 24.3 Å². The van der Waals surface area contributed by atoms with Gasteiger partial charge < -0.3 is 0 Å². The summed E-state index contributed by atoms with van der Waals surface area (Å²) in [4.78, 5) is 0. The highest BCUT2D eigenvalue weighted by atomic mass is 14.1. The van der Waals surface area contributed by atoms with Crippen LogP contribution in [0.2, 0.25) is 0 Å². The number of benzene rings is 4. The summed E-state index contributed by atoms with van der Waals surface area (Å²) in [6, 6.07) is 37.1. The van der Waals surface area contributed by atoms with Crippen LogP contribution < -0.4 is 0 Å². The van der Waals surface area contributed by atoms with Crippen LogP contribution in [0.3, 0.4) is 0 Å². The molecule has 0 spiro atoms. The van der Waals surface area contributed by atoms with E-state index >= 15 is 0 Å². The second-order valence-electron chi connectivity index (χ2n) is 6.91. The topological polar surface area (TPSA) is 0 Å². The zero-order valence-corrected chi connectivity index (χ0v) is 16.7. The van der Waals surface area contributed by atoms with Crippen molar-refractivity contribution in [3.63, 3.8) is 0 Å². The lowest BCUT2D eigenvalue weighted by atomic mass is 9.98. The van der Waals surface area contributed by atoms with Crippen molar-refractivity contribution < 1.29 is 0 Å². The SMILES string of the molecule is C(#Cc1cccc(C=Cc2ccccc2)c1C=Cc1ccccc1)c1ccccc1. The van der Waals surface area contributed by atoms with E-state index in [1.807, 2.05) is 42.5 Å². The van der Waals surface area contributed by atoms with Crippen molar-refractivity contribution in [1.82, 2.24) is 0 Å². The molecule has 4 aromatic carbocycles. The smallest absolute Gasteiger partial charge is 0.0327 e. The Balaban J connectivity index is 1.74. The minimum atomic E-state index is 1.01. The molecule has 142 valence electrons. The molecule has 0 heterocycles. The van der Waals surface area contributed by atoms with E-state index in [0.29, 0.717) is 0 Å². The molecule has 0 saturated carbocycles. The molecule has 0 saturated heterocycles. The number of hydrogen-bond donors (Lipinski definition) is 0.